The molecule has 0 radical (unpaired) electrons. The van der Waals surface area contributed by atoms with E-state index in [-0.39, 0.29) is 28.2 Å². The van der Waals surface area contributed by atoms with Crippen molar-refractivity contribution >= 4 is 21.6 Å². The van der Waals surface area contributed by atoms with E-state index in [4.69, 9.17) is 4.74 Å². The standard InChI is InChI=1S/C19H24N2O4S/c1-12(2)21-26(23,24)18-11-15(9-10-17(18)25-5)19(22)20-16-8-6-7-13(3)14(16)4/h6-12,21H,1-5H3,(H,20,22). The Hall–Kier alpha value is -2.38. The molecule has 1 amide bonds. The van der Waals surface area contributed by atoms with Gasteiger partial charge in [-0.3, -0.25) is 4.79 Å². The van der Waals surface area contributed by atoms with Crippen molar-refractivity contribution in [1.29, 1.82) is 0 Å². The molecule has 2 N–H and O–H groups in total. The van der Waals surface area contributed by atoms with Crippen LogP contribution >= 0.6 is 0 Å². The lowest BCUT2D eigenvalue weighted by Gasteiger charge is -2.15. The Labute approximate surface area is 154 Å². The summed E-state index contributed by atoms with van der Waals surface area (Å²) in [6, 6.07) is 9.68. The summed E-state index contributed by atoms with van der Waals surface area (Å²) in [5.41, 5.74) is 2.94. The smallest absolute Gasteiger partial charge is 0.255 e. The fraction of sp³-hybridized carbons (Fsp3) is 0.316. The highest BCUT2D eigenvalue weighted by Crippen LogP contribution is 2.26. The number of anilines is 1. The number of hydrogen-bond donors (Lipinski definition) is 2. The van der Waals surface area contributed by atoms with E-state index in [0.29, 0.717) is 5.69 Å². The van der Waals surface area contributed by atoms with Crippen molar-refractivity contribution in [2.24, 2.45) is 0 Å². The predicted octanol–water partition coefficient (Wildman–Crippen LogP) is 3.25. The van der Waals surface area contributed by atoms with Gasteiger partial charge in [0.15, 0.2) is 0 Å². The number of hydrogen-bond acceptors (Lipinski definition) is 4. The monoisotopic (exact) mass is 376 g/mol. The summed E-state index contributed by atoms with van der Waals surface area (Å²) in [7, 11) is -2.41. The van der Waals surface area contributed by atoms with E-state index in [0.717, 1.165) is 11.1 Å². The van der Waals surface area contributed by atoms with Crippen LogP contribution in [-0.2, 0) is 10.0 Å². The molecule has 0 aliphatic rings. The van der Waals surface area contributed by atoms with Crippen LogP contribution in [0.4, 0.5) is 5.69 Å². The molecule has 6 nitrogen and oxygen atoms in total. The first-order valence-electron chi connectivity index (χ1n) is 8.23. The van der Waals surface area contributed by atoms with Crippen LogP contribution in [0.5, 0.6) is 5.75 Å². The molecular weight excluding hydrogens is 352 g/mol. The molecule has 0 bridgehead atoms. The molecule has 140 valence electrons. The Balaban J connectivity index is 2.40. The maximum absolute atomic E-state index is 12.6. The maximum Gasteiger partial charge on any atom is 0.255 e. The zero-order valence-electron chi connectivity index (χ0n) is 15.6. The molecule has 0 spiro atoms. The third-order valence-electron chi connectivity index (χ3n) is 3.96. The molecule has 0 saturated carbocycles. The molecule has 0 aromatic heterocycles. The minimum Gasteiger partial charge on any atom is -0.495 e. The lowest BCUT2D eigenvalue weighted by atomic mass is 10.1. The van der Waals surface area contributed by atoms with Crippen molar-refractivity contribution in [2.75, 3.05) is 12.4 Å². The average Bonchev–Trinajstić information content (AvgIpc) is 2.57. The molecule has 0 saturated heterocycles. The Morgan fingerprint density at radius 3 is 2.42 bits per heavy atom. The molecule has 0 fully saturated rings. The van der Waals surface area contributed by atoms with Gasteiger partial charge in [0.05, 0.1) is 7.11 Å². The zero-order chi connectivity index (χ0) is 19.5. The van der Waals surface area contributed by atoms with E-state index in [1.165, 1.54) is 25.3 Å². The van der Waals surface area contributed by atoms with Gasteiger partial charge in [0, 0.05) is 17.3 Å². The normalized spacial score (nSPS) is 11.5. The Bertz CT molecular complexity index is 921. The van der Waals surface area contributed by atoms with Gasteiger partial charge in [0.1, 0.15) is 10.6 Å². The fourth-order valence-electron chi connectivity index (χ4n) is 2.48. The van der Waals surface area contributed by atoms with E-state index in [2.05, 4.69) is 10.0 Å². The zero-order valence-corrected chi connectivity index (χ0v) is 16.4. The lowest BCUT2D eigenvalue weighted by Crippen LogP contribution is -2.30. The first kappa shape index (κ1) is 19.9. The van der Waals surface area contributed by atoms with Crippen molar-refractivity contribution in [3.05, 3.63) is 53.1 Å². The van der Waals surface area contributed by atoms with Crippen molar-refractivity contribution in [1.82, 2.24) is 4.72 Å². The quantitative estimate of drug-likeness (QED) is 0.810. The highest BCUT2D eigenvalue weighted by Gasteiger charge is 2.22. The van der Waals surface area contributed by atoms with Crippen molar-refractivity contribution < 1.29 is 17.9 Å². The third-order valence-corrected chi connectivity index (χ3v) is 5.64. The van der Waals surface area contributed by atoms with Crippen molar-refractivity contribution in [3.8, 4) is 5.75 Å². The van der Waals surface area contributed by atoms with Gasteiger partial charge in [-0.25, -0.2) is 13.1 Å². The number of methoxy groups -OCH3 is 1. The van der Waals surface area contributed by atoms with Crippen LogP contribution in [0.3, 0.4) is 0 Å². The van der Waals surface area contributed by atoms with Gasteiger partial charge in [0.2, 0.25) is 10.0 Å². The Morgan fingerprint density at radius 1 is 1.12 bits per heavy atom. The van der Waals surface area contributed by atoms with Gasteiger partial charge in [-0.2, -0.15) is 0 Å². The topological polar surface area (TPSA) is 84.5 Å². The maximum atomic E-state index is 12.6. The summed E-state index contributed by atoms with van der Waals surface area (Å²) >= 11 is 0. The van der Waals surface area contributed by atoms with Crippen LogP contribution in [0, 0.1) is 13.8 Å². The molecule has 0 heterocycles. The first-order chi connectivity index (χ1) is 12.2. The summed E-state index contributed by atoms with van der Waals surface area (Å²) in [4.78, 5) is 12.5. The molecule has 0 aliphatic carbocycles. The highest BCUT2D eigenvalue weighted by atomic mass is 32.2. The van der Waals surface area contributed by atoms with Gasteiger partial charge in [-0.15, -0.1) is 0 Å². The first-order valence-corrected chi connectivity index (χ1v) is 9.72. The molecule has 2 aromatic rings. The molecular formula is C19H24N2O4S. The molecule has 26 heavy (non-hydrogen) atoms. The Morgan fingerprint density at radius 2 is 1.81 bits per heavy atom. The molecule has 2 aromatic carbocycles. The third kappa shape index (κ3) is 4.42. The second kappa shape index (κ2) is 7.88. The molecule has 0 aliphatic heterocycles. The number of carbonyl (C=O) groups is 1. The largest absolute Gasteiger partial charge is 0.495 e. The van der Waals surface area contributed by atoms with Gasteiger partial charge in [-0.1, -0.05) is 12.1 Å². The number of ether oxygens (including phenoxy) is 1. The van der Waals surface area contributed by atoms with Gasteiger partial charge < -0.3 is 10.1 Å². The molecule has 7 heteroatoms. The number of amides is 1. The number of aryl methyl sites for hydroxylation is 1. The van der Waals surface area contributed by atoms with Gasteiger partial charge >= 0.3 is 0 Å². The van der Waals surface area contributed by atoms with E-state index in [1.54, 1.807) is 13.8 Å². The average molecular weight is 376 g/mol. The summed E-state index contributed by atoms with van der Waals surface area (Å²) in [5, 5.41) is 2.83. The number of nitrogens with one attached hydrogen (secondary N) is 2. The van der Waals surface area contributed by atoms with Crippen LogP contribution in [0.1, 0.15) is 35.3 Å². The van der Waals surface area contributed by atoms with Crippen molar-refractivity contribution in [2.45, 2.75) is 38.6 Å². The second-order valence-corrected chi connectivity index (χ2v) is 8.03. The number of rotatable bonds is 6. The fourth-order valence-corrected chi connectivity index (χ4v) is 3.93. The summed E-state index contributed by atoms with van der Waals surface area (Å²) < 4.78 is 32.7. The lowest BCUT2D eigenvalue weighted by molar-refractivity contribution is 0.102. The molecule has 2 rings (SSSR count). The highest BCUT2D eigenvalue weighted by molar-refractivity contribution is 7.89. The van der Waals surface area contributed by atoms with Crippen molar-refractivity contribution in [3.63, 3.8) is 0 Å². The number of sulfonamides is 1. The second-order valence-electron chi connectivity index (χ2n) is 6.34. The van der Waals surface area contributed by atoms with E-state index >= 15 is 0 Å². The van der Waals surface area contributed by atoms with Gasteiger partial charge in [0.25, 0.3) is 5.91 Å². The number of benzene rings is 2. The van der Waals surface area contributed by atoms with E-state index < -0.39 is 10.0 Å². The summed E-state index contributed by atoms with van der Waals surface area (Å²) in [6.07, 6.45) is 0. The van der Waals surface area contributed by atoms with Crippen LogP contribution in [-0.4, -0.2) is 27.5 Å². The SMILES string of the molecule is COc1ccc(C(=O)Nc2cccc(C)c2C)cc1S(=O)(=O)NC(C)C. The summed E-state index contributed by atoms with van der Waals surface area (Å²) in [6.45, 7) is 7.32. The van der Waals surface area contributed by atoms with Crippen LogP contribution in [0.25, 0.3) is 0 Å². The molecule has 0 atom stereocenters. The van der Waals surface area contributed by atoms with Crippen LogP contribution in [0.2, 0.25) is 0 Å². The minimum absolute atomic E-state index is 0.0673. The number of carbonyl (C=O) groups excluding carboxylic acids is 1. The van der Waals surface area contributed by atoms with Gasteiger partial charge in [-0.05, 0) is 63.1 Å². The minimum atomic E-state index is -3.80. The summed E-state index contributed by atoms with van der Waals surface area (Å²) in [5.74, 6) is -0.205. The predicted molar refractivity (Wildman–Crippen MR) is 102 cm³/mol. The van der Waals surface area contributed by atoms with Crippen LogP contribution < -0.4 is 14.8 Å². The van der Waals surface area contributed by atoms with Crippen LogP contribution in [0.15, 0.2) is 41.3 Å². The van der Waals surface area contributed by atoms with E-state index in [1.807, 2.05) is 32.0 Å². The molecule has 0 unspecified atom stereocenters. The Kier molecular flexibility index (Phi) is 6.05. The van der Waals surface area contributed by atoms with E-state index in [9.17, 15) is 13.2 Å².